The van der Waals surface area contributed by atoms with Gasteiger partial charge in [-0.1, -0.05) is 42.1 Å². The molecule has 3 rings (SSSR count). The summed E-state index contributed by atoms with van der Waals surface area (Å²) in [4.78, 5) is 18.3. The predicted octanol–water partition coefficient (Wildman–Crippen LogP) is 4.18. The smallest absolute Gasteiger partial charge is 0.251 e. The zero-order chi connectivity index (χ0) is 18.4. The van der Waals surface area contributed by atoms with Crippen molar-refractivity contribution in [2.45, 2.75) is 12.1 Å². The molecule has 26 heavy (non-hydrogen) atoms. The highest BCUT2D eigenvalue weighted by atomic mass is 79.9. The molecule has 0 fully saturated rings. The fourth-order valence-electron chi connectivity index (χ4n) is 2.45. The summed E-state index contributed by atoms with van der Waals surface area (Å²) >= 11 is 5.08. The molecule has 0 unspecified atom stereocenters. The lowest BCUT2D eigenvalue weighted by atomic mass is 10.1. The summed E-state index contributed by atoms with van der Waals surface area (Å²) in [5.41, 5.74) is 0.585. The highest BCUT2D eigenvalue weighted by Gasteiger charge is 2.05. The van der Waals surface area contributed by atoms with Crippen LogP contribution in [-0.4, -0.2) is 35.5 Å². The van der Waals surface area contributed by atoms with E-state index in [9.17, 15) is 4.79 Å². The van der Waals surface area contributed by atoms with E-state index in [1.54, 1.807) is 6.92 Å². The van der Waals surface area contributed by atoms with E-state index in [1.165, 1.54) is 23.2 Å². The van der Waals surface area contributed by atoms with Gasteiger partial charge in [-0.25, -0.2) is 4.98 Å². The quantitative estimate of drug-likeness (QED) is 0.327. The average Bonchev–Trinajstić information content (AvgIpc) is 2.62. The maximum absolute atomic E-state index is 11.4. The van der Waals surface area contributed by atoms with E-state index >= 15 is 0 Å². The summed E-state index contributed by atoms with van der Waals surface area (Å²) in [5.74, 6) is 1.52. The number of nitrogens with one attached hydrogen (secondary N) is 1. The minimum absolute atomic E-state index is 0.129. The predicted molar refractivity (Wildman–Crippen MR) is 108 cm³/mol. The zero-order valence-electron chi connectivity index (χ0n) is 14.3. The molecule has 3 aromatic rings. The summed E-state index contributed by atoms with van der Waals surface area (Å²) in [6.45, 7) is 3.33. The molecule has 0 aliphatic heterocycles. The Morgan fingerprint density at radius 1 is 1.15 bits per heavy atom. The molecule has 7 heteroatoms. The molecule has 0 aliphatic carbocycles. The van der Waals surface area contributed by atoms with Gasteiger partial charge in [0.05, 0.1) is 17.7 Å². The van der Waals surface area contributed by atoms with Crippen LogP contribution in [0.15, 0.2) is 56.9 Å². The lowest BCUT2D eigenvalue weighted by Gasteiger charge is -2.10. The zero-order valence-corrected chi connectivity index (χ0v) is 16.7. The molecule has 0 bridgehead atoms. The Hall–Kier alpha value is -1.83. The number of nitrogens with zero attached hydrogens (tertiary/aromatic N) is 1. The van der Waals surface area contributed by atoms with Crippen molar-refractivity contribution in [2.75, 3.05) is 25.6 Å². The van der Waals surface area contributed by atoms with Gasteiger partial charge in [0.2, 0.25) is 0 Å². The SMILES string of the molecule is Cc1cc(=O)[nH]c(SCCOCCOc2ccc3ccccc3c2Br)n1. The molecular weight excluding hydrogens is 416 g/mol. The summed E-state index contributed by atoms with van der Waals surface area (Å²) in [7, 11) is 0. The van der Waals surface area contributed by atoms with Gasteiger partial charge in [-0.3, -0.25) is 4.79 Å². The maximum atomic E-state index is 11.4. The Kier molecular flexibility index (Phi) is 6.71. The molecule has 136 valence electrons. The number of benzene rings is 2. The number of halogens is 1. The Labute approximate surface area is 164 Å². The van der Waals surface area contributed by atoms with E-state index < -0.39 is 0 Å². The molecule has 1 aromatic heterocycles. The Balaban J connectivity index is 1.39. The van der Waals surface area contributed by atoms with Gasteiger partial charge in [-0.2, -0.15) is 0 Å². The fourth-order valence-corrected chi connectivity index (χ4v) is 3.84. The molecule has 0 amide bonds. The molecular formula is C19H19BrN2O3S. The highest BCUT2D eigenvalue weighted by Crippen LogP contribution is 2.32. The van der Waals surface area contributed by atoms with E-state index in [0.717, 1.165) is 15.6 Å². The Morgan fingerprint density at radius 3 is 2.85 bits per heavy atom. The van der Waals surface area contributed by atoms with Gasteiger partial charge in [-0.05, 0) is 39.7 Å². The van der Waals surface area contributed by atoms with Crippen molar-refractivity contribution < 1.29 is 9.47 Å². The van der Waals surface area contributed by atoms with Gasteiger partial charge in [0, 0.05) is 17.5 Å². The highest BCUT2D eigenvalue weighted by molar-refractivity contribution is 9.10. The number of thioether (sulfide) groups is 1. The van der Waals surface area contributed by atoms with Crippen molar-refractivity contribution in [3.63, 3.8) is 0 Å². The van der Waals surface area contributed by atoms with E-state index in [1.807, 2.05) is 24.3 Å². The van der Waals surface area contributed by atoms with Crippen molar-refractivity contribution in [1.29, 1.82) is 0 Å². The number of hydrogen-bond donors (Lipinski definition) is 1. The third kappa shape index (κ3) is 5.09. The fraction of sp³-hybridized carbons (Fsp3) is 0.263. The number of rotatable bonds is 8. The number of H-pyrrole nitrogens is 1. The van der Waals surface area contributed by atoms with Crippen molar-refractivity contribution >= 4 is 38.5 Å². The number of hydrogen-bond acceptors (Lipinski definition) is 5. The van der Waals surface area contributed by atoms with Gasteiger partial charge in [-0.15, -0.1) is 0 Å². The number of fused-ring (bicyclic) bond motifs is 1. The van der Waals surface area contributed by atoms with Crippen LogP contribution in [0.25, 0.3) is 10.8 Å². The third-order valence-corrected chi connectivity index (χ3v) is 5.28. The molecule has 0 saturated heterocycles. The van der Waals surface area contributed by atoms with Crippen molar-refractivity contribution in [1.82, 2.24) is 9.97 Å². The van der Waals surface area contributed by atoms with Gasteiger partial charge in [0.15, 0.2) is 5.16 Å². The average molecular weight is 435 g/mol. The molecule has 0 atom stereocenters. The molecule has 1 heterocycles. The Bertz CT molecular complexity index is 945. The lowest BCUT2D eigenvalue weighted by molar-refractivity contribution is 0.112. The maximum Gasteiger partial charge on any atom is 0.251 e. The van der Waals surface area contributed by atoms with Crippen molar-refractivity contribution in [3.8, 4) is 5.75 Å². The normalized spacial score (nSPS) is 11.0. The minimum Gasteiger partial charge on any atom is -0.490 e. The minimum atomic E-state index is -0.129. The second-order valence-corrected chi connectivity index (χ2v) is 7.48. The summed E-state index contributed by atoms with van der Waals surface area (Å²) in [6.07, 6.45) is 0. The number of aryl methyl sites for hydroxylation is 1. The monoisotopic (exact) mass is 434 g/mol. The number of aromatic nitrogens is 2. The topological polar surface area (TPSA) is 64.2 Å². The molecule has 0 saturated carbocycles. The second-order valence-electron chi connectivity index (χ2n) is 5.60. The molecule has 0 aliphatic rings. The first-order chi connectivity index (χ1) is 12.6. The van der Waals surface area contributed by atoms with Gasteiger partial charge >= 0.3 is 0 Å². The molecule has 0 spiro atoms. The summed E-state index contributed by atoms with van der Waals surface area (Å²) in [5, 5.41) is 2.92. The van der Waals surface area contributed by atoms with Crippen LogP contribution >= 0.6 is 27.7 Å². The van der Waals surface area contributed by atoms with Crippen molar-refractivity contribution in [2.24, 2.45) is 0 Å². The summed E-state index contributed by atoms with van der Waals surface area (Å²) < 4.78 is 12.3. The van der Waals surface area contributed by atoms with Crippen LogP contribution in [0.2, 0.25) is 0 Å². The first-order valence-corrected chi connectivity index (χ1v) is 10.00. The van der Waals surface area contributed by atoms with E-state index in [0.29, 0.717) is 36.4 Å². The van der Waals surface area contributed by atoms with Crippen LogP contribution in [0.4, 0.5) is 0 Å². The van der Waals surface area contributed by atoms with Crippen LogP contribution in [0.3, 0.4) is 0 Å². The van der Waals surface area contributed by atoms with E-state index in [2.05, 4.69) is 38.0 Å². The standard InChI is InChI=1S/C19H19BrN2O3S/c1-13-12-17(23)22-19(21-13)26-11-10-24-8-9-25-16-7-6-14-4-2-3-5-15(14)18(16)20/h2-7,12H,8-11H2,1H3,(H,21,22,23). The first kappa shape index (κ1) is 18.9. The van der Waals surface area contributed by atoms with Crippen LogP contribution in [-0.2, 0) is 4.74 Å². The van der Waals surface area contributed by atoms with Crippen LogP contribution in [0, 0.1) is 6.92 Å². The molecule has 1 N–H and O–H groups in total. The van der Waals surface area contributed by atoms with Crippen LogP contribution in [0.5, 0.6) is 5.75 Å². The largest absolute Gasteiger partial charge is 0.490 e. The molecule has 2 aromatic carbocycles. The van der Waals surface area contributed by atoms with E-state index in [-0.39, 0.29) is 5.56 Å². The second kappa shape index (κ2) is 9.21. The van der Waals surface area contributed by atoms with Crippen LogP contribution < -0.4 is 10.3 Å². The Morgan fingerprint density at radius 2 is 2.00 bits per heavy atom. The van der Waals surface area contributed by atoms with E-state index in [4.69, 9.17) is 9.47 Å². The van der Waals surface area contributed by atoms with Crippen molar-refractivity contribution in [3.05, 3.63) is 63.0 Å². The molecule has 5 nitrogen and oxygen atoms in total. The number of aromatic amines is 1. The molecule has 0 radical (unpaired) electrons. The van der Waals surface area contributed by atoms with Gasteiger partial charge < -0.3 is 14.5 Å². The third-order valence-electron chi connectivity index (χ3n) is 3.63. The lowest BCUT2D eigenvalue weighted by Crippen LogP contribution is -2.10. The summed E-state index contributed by atoms with van der Waals surface area (Å²) in [6, 6.07) is 13.6. The van der Waals surface area contributed by atoms with Gasteiger partial charge in [0.25, 0.3) is 5.56 Å². The first-order valence-electron chi connectivity index (χ1n) is 8.22. The van der Waals surface area contributed by atoms with Crippen LogP contribution in [0.1, 0.15) is 5.69 Å². The van der Waals surface area contributed by atoms with Gasteiger partial charge in [0.1, 0.15) is 12.4 Å². The number of ether oxygens (including phenoxy) is 2.